The second-order valence-corrected chi connectivity index (χ2v) is 5.02. The van der Waals surface area contributed by atoms with E-state index in [-0.39, 0.29) is 17.9 Å². The maximum absolute atomic E-state index is 12.2. The molecule has 0 fully saturated rings. The summed E-state index contributed by atoms with van der Waals surface area (Å²) in [4.78, 5) is 23.5. The minimum Gasteiger partial charge on any atom is -0.480 e. The van der Waals surface area contributed by atoms with Gasteiger partial charge in [-0.05, 0) is 31.0 Å². The smallest absolute Gasteiger partial charge is 0.319 e. The van der Waals surface area contributed by atoms with Crippen molar-refractivity contribution in [1.29, 1.82) is 0 Å². The molecule has 104 valence electrons. The second kappa shape index (κ2) is 6.26. The lowest BCUT2D eigenvalue weighted by atomic mass is 9.81. The quantitative estimate of drug-likeness (QED) is 0.813. The van der Waals surface area contributed by atoms with E-state index in [0.717, 1.165) is 0 Å². The minimum absolute atomic E-state index is 0.204. The van der Waals surface area contributed by atoms with Crippen LogP contribution in [-0.2, 0) is 9.59 Å². The topological polar surface area (TPSA) is 66.4 Å². The summed E-state index contributed by atoms with van der Waals surface area (Å²) < 4.78 is 0. The zero-order chi connectivity index (χ0) is 14.6. The lowest BCUT2D eigenvalue weighted by molar-refractivity contribution is -0.154. The van der Waals surface area contributed by atoms with Gasteiger partial charge >= 0.3 is 5.97 Å². The number of nitrogens with one attached hydrogen (secondary N) is 1. The van der Waals surface area contributed by atoms with Gasteiger partial charge in [-0.2, -0.15) is 0 Å². The van der Waals surface area contributed by atoms with Gasteiger partial charge in [0.1, 0.15) is 5.41 Å². The Morgan fingerprint density at radius 3 is 2.26 bits per heavy atom. The van der Waals surface area contributed by atoms with Crippen molar-refractivity contribution in [1.82, 2.24) is 0 Å². The third-order valence-electron chi connectivity index (χ3n) is 3.23. The highest BCUT2D eigenvalue weighted by Gasteiger charge is 2.43. The SMILES string of the molecule is CCC(CC)(C(=O)O)C(=O)Nc1ccc(Cl)cc1Cl. The highest BCUT2D eigenvalue weighted by atomic mass is 35.5. The Bertz CT molecular complexity index is 499. The van der Waals surface area contributed by atoms with E-state index in [2.05, 4.69) is 5.32 Å². The van der Waals surface area contributed by atoms with Crippen molar-refractivity contribution in [3.8, 4) is 0 Å². The maximum Gasteiger partial charge on any atom is 0.319 e. The van der Waals surface area contributed by atoms with Crippen LogP contribution in [0, 0.1) is 5.41 Å². The normalized spacial score (nSPS) is 11.2. The number of amides is 1. The molecule has 1 aromatic carbocycles. The summed E-state index contributed by atoms with van der Waals surface area (Å²) in [6, 6.07) is 4.60. The molecule has 0 aliphatic carbocycles. The summed E-state index contributed by atoms with van der Waals surface area (Å²) in [6.45, 7) is 3.33. The van der Waals surface area contributed by atoms with Crippen molar-refractivity contribution in [3.63, 3.8) is 0 Å². The van der Waals surface area contributed by atoms with E-state index < -0.39 is 17.3 Å². The van der Waals surface area contributed by atoms with Crippen LogP contribution in [-0.4, -0.2) is 17.0 Å². The molecule has 1 amide bonds. The highest BCUT2D eigenvalue weighted by Crippen LogP contribution is 2.31. The number of benzene rings is 1. The van der Waals surface area contributed by atoms with Crippen LogP contribution in [0.1, 0.15) is 26.7 Å². The summed E-state index contributed by atoms with van der Waals surface area (Å²) in [7, 11) is 0. The van der Waals surface area contributed by atoms with E-state index >= 15 is 0 Å². The molecule has 6 heteroatoms. The fourth-order valence-electron chi connectivity index (χ4n) is 1.80. The summed E-state index contributed by atoms with van der Waals surface area (Å²) in [6.07, 6.45) is 0.408. The first-order chi connectivity index (χ1) is 8.87. The van der Waals surface area contributed by atoms with Gasteiger partial charge in [0.25, 0.3) is 0 Å². The highest BCUT2D eigenvalue weighted by molar-refractivity contribution is 6.36. The molecule has 1 aromatic rings. The predicted molar refractivity (Wildman–Crippen MR) is 75.7 cm³/mol. The van der Waals surface area contributed by atoms with Crippen LogP contribution in [0.5, 0.6) is 0 Å². The van der Waals surface area contributed by atoms with E-state index in [1.54, 1.807) is 26.0 Å². The molecule has 2 N–H and O–H groups in total. The summed E-state index contributed by atoms with van der Waals surface area (Å²) in [5, 5.41) is 12.5. The Labute approximate surface area is 121 Å². The number of halogens is 2. The van der Waals surface area contributed by atoms with Gasteiger partial charge in [0.2, 0.25) is 5.91 Å². The van der Waals surface area contributed by atoms with Crippen LogP contribution in [0.4, 0.5) is 5.69 Å². The average molecular weight is 304 g/mol. The number of anilines is 1. The Morgan fingerprint density at radius 2 is 1.84 bits per heavy atom. The monoisotopic (exact) mass is 303 g/mol. The van der Waals surface area contributed by atoms with Crippen molar-refractivity contribution in [3.05, 3.63) is 28.2 Å². The number of hydrogen-bond acceptors (Lipinski definition) is 2. The summed E-state index contributed by atoms with van der Waals surface area (Å²) >= 11 is 11.7. The van der Waals surface area contributed by atoms with Gasteiger partial charge in [0, 0.05) is 5.02 Å². The van der Waals surface area contributed by atoms with Gasteiger partial charge in [0.15, 0.2) is 0 Å². The van der Waals surface area contributed by atoms with Gasteiger partial charge in [0.05, 0.1) is 10.7 Å². The van der Waals surface area contributed by atoms with Crippen molar-refractivity contribution in [2.75, 3.05) is 5.32 Å². The zero-order valence-corrected chi connectivity index (χ0v) is 12.2. The van der Waals surface area contributed by atoms with Crippen LogP contribution in [0.15, 0.2) is 18.2 Å². The molecule has 19 heavy (non-hydrogen) atoms. The van der Waals surface area contributed by atoms with Crippen molar-refractivity contribution < 1.29 is 14.7 Å². The third kappa shape index (κ3) is 3.19. The molecule has 0 radical (unpaired) electrons. The van der Waals surface area contributed by atoms with Gasteiger partial charge in [-0.3, -0.25) is 9.59 Å². The number of rotatable bonds is 5. The van der Waals surface area contributed by atoms with E-state index in [1.807, 2.05) is 0 Å². The van der Waals surface area contributed by atoms with Crippen molar-refractivity contribution in [2.24, 2.45) is 5.41 Å². The van der Waals surface area contributed by atoms with Crippen LogP contribution in [0.3, 0.4) is 0 Å². The van der Waals surface area contributed by atoms with E-state index in [4.69, 9.17) is 23.2 Å². The second-order valence-electron chi connectivity index (χ2n) is 4.17. The van der Waals surface area contributed by atoms with Gasteiger partial charge in [-0.25, -0.2) is 0 Å². The number of carbonyl (C=O) groups is 2. The van der Waals surface area contributed by atoms with Crippen molar-refractivity contribution >= 4 is 40.8 Å². The van der Waals surface area contributed by atoms with Gasteiger partial charge in [-0.1, -0.05) is 37.0 Å². The molecule has 0 atom stereocenters. The predicted octanol–water partition coefficient (Wildman–Crippen LogP) is 3.82. The van der Waals surface area contributed by atoms with Crippen LogP contribution < -0.4 is 5.32 Å². The van der Waals surface area contributed by atoms with E-state index in [0.29, 0.717) is 10.7 Å². The Morgan fingerprint density at radius 1 is 1.26 bits per heavy atom. The third-order valence-corrected chi connectivity index (χ3v) is 3.78. The Hall–Kier alpha value is -1.26. The molecule has 4 nitrogen and oxygen atoms in total. The molecule has 0 bridgehead atoms. The molecular weight excluding hydrogens is 289 g/mol. The number of carbonyl (C=O) groups excluding carboxylic acids is 1. The van der Waals surface area contributed by atoms with E-state index in [9.17, 15) is 14.7 Å². The Kier molecular flexibility index (Phi) is 5.20. The minimum atomic E-state index is -1.44. The lowest BCUT2D eigenvalue weighted by Crippen LogP contribution is -2.42. The summed E-state index contributed by atoms with van der Waals surface area (Å²) in [5.41, 5.74) is -1.09. The average Bonchev–Trinajstić information content (AvgIpc) is 2.34. The molecule has 0 aliphatic heterocycles. The number of carboxylic acid groups (broad SMARTS) is 1. The van der Waals surface area contributed by atoms with Crippen LogP contribution in [0.25, 0.3) is 0 Å². The van der Waals surface area contributed by atoms with E-state index in [1.165, 1.54) is 6.07 Å². The maximum atomic E-state index is 12.2. The molecule has 0 unspecified atom stereocenters. The first kappa shape index (κ1) is 15.8. The molecule has 0 saturated carbocycles. The molecule has 0 aromatic heterocycles. The zero-order valence-electron chi connectivity index (χ0n) is 10.7. The molecule has 0 saturated heterocycles. The first-order valence-corrected chi connectivity index (χ1v) is 6.63. The van der Waals surface area contributed by atoms with Gasteiger partial charge in [-0.15, -0.1) is 0 Å². The standard InChI is InChI=1S/C13H15Cl2NO3/c1-3-13(4-2,12(18)19)11(17)16-10-6-5-8(14)7-9(10)15/h5-7H,3-4H2,1-2H3,(H,16,17)(H,18,19). The lowest BCUT2D eigenvalue weighted by Gasteiger charge is -2.25. The fourth-order valence-corrected chi connectivity index (χ4v) is 2.26. The van der Waals surface area contributed by atoms with Crippen LogP contribution >= 0.6 is 23.2 Å². The molecular formula is C13H15Cl2NO3. The number of aliphatic carboxylic acids is 1. The Balaban J connectivity index is 3.03. The van der Waals surface area contributed by atoms with Crippen molar-refractivity contribution in [2.45, 2.75) is 26.7 Å². The molecule has 1 rings (SSSR count). The van der Waals surface area contributed by atoms with Crippen LogP contribution in [0.2, 0.25) is 10.0 Å². The molecule has 0 spiro atoms. The summed E-state index contributed by atoms with van der Waals surface area (Å²) in [5.74, 6) is -1.71. The number of hydrogen-bond donors (Lipinski definition) is 2. The van der Waals surface area contributed by atoms with Gasteiger partial charge < -0.3 is 10.4 Å². The molecule has 0 aliphatic rings. The number of carboxylic acids is 1. The first-order valence-electron chi connectivity index (χ1n) is 5.87. The molecule has 0 heterocycles. The fraction of sp³-hybridized carbons (Fsp3) is 0.385. The largest absolute Gasteiger partial charge is 0.480 e.